The predicted molar refractivity (Wildman–Crippen MR) is 122 cm³/mol. The first kappa shape index (κ1) is 22.8. The normalized spacial score (nSPS) is 17.7. The maximum Gasteiger partial charge on any atom is 0.194 e. The molecule has 0 saturated carbocycles. The van der Waals surface area contributed by atoms with Gasteiger partial charge in [-0.25, -0.2) is 4.98 Å². The third-order valence-electron chi connectivity index (χ3n) is 5.48. The number of nitrogens with one attached hydrogen (secondary N) is 1. The third-order valence-corrected chi connectivity index (χ3v) is 6.54. The van der Waals surface area contributed by atoms with Crippen molar-refractivity contribution in [3.63, 3.8) is 0 Å². The van der Waals surface area contributed by atoms with Gasteiger partial charge in [-0.05, 0) is 51.9 Å². The Morgan fingerprint density at radius 2 is 2.20 bits per heavy atom. The summed E-state index contributed by atoms with van der Waals surface area (Å²) >= 11 is 1.64. The highest BCUT2D eigenvalue weighted by molar-refractivity contribution is 7.09. The van der Waals surface area contributed by atoms with E-state index < -0.39 is 0 Å². The molecule has 1 saturated heterocycles. The van der Waals surface area contributed by atoms with E-state index in [9.17, 15) is 0 Å². The quantitative estimate of drug-likeness (QED) is 0.475. The fraction of sp³-hybridized carbons (Fsp3) is 0.636. The number of hydrogen-bond acceptors (Lipinski definition) is 6. The molecule has 1 N–H and O–H groups in total. The first-order valence-corrected chi connectivity index (χ1v) is 11.7. The summed E-state index contributed by atoms with van der Waals surface area (Å²) in [6.45, 7) is 8.52. The Morgan fingerprint density at radius 3 is 2.87 bits per heavy atom. The molecule has 0 aromatic carbocycles. The van der Waals surface area contributed by atoms with Gasteiger partial charge in [0.25, 0.3) is 0 Å². The van der Waals surface area contributed by atoms with E-state index in [1.165, 1.54) is 19.3 Å². The Balaban J connectivity index is 1.70. The van der Waals surface area contributed by atoms with Crippen molar-refractivity contribution >= 4 is 17.3 Å². The van der Waals surface area contributed by atoms with E-state index in [1.807, 2.05) is 13.0 Å². The summed E-state index contributed by atoms with van der Waals surface area (Å²) in [5.41, 5.74) is 1.03. The van der Waals surface area contributed by atoms with Crippen LogP contribution in [0.25, 0.3) is 0 Å². The highest BCUT2D eigenvalue weighted by Gasteiger charge is 2.24. The Labute approximate surface area is 184 Å². The van der Waals surface area contributed by atoms with Crippen LogP contribution in [0.5, 0.6) is 0 Å². The van der Waals surface area contributed by atoms with Crippen LogP contribution in [0.15, 0.2) is 33.2 Å². The maximum absolute atomic E-state index is 5.77. The Morgan fingerprint density at radius 1 is 1.40 bits per heavy atom. The number of rotatable bonds is 9. The van der Waals surface area contributed by atoms with Gasteiger partial charge in [-0.3, -0.25) is 9.89 Å². The van der Waals surface area contributed by atoms with Crippen molar-refractivity contribution in [3.8, 4) is 0 Å². The molecule has 3 heterocycles. The van der Waals surface area contributed by atoms with Gasteiger partial charge in [-0.15, -0.1) is 11.3 Å². The lowest BCUT2D eigenvalue weighted by atomic mass is 10.1. The minimum Gasteiger partial charge on any atom is -0.468 e. The summed E-state index contributed by atoms with van der Waals surface area (Å²) in [5, 5.41) is 6.53. The summed E-state index contributed by atoms with van der Waals surface area (Å²) in [5.74, 6) is 1.89. The van der Waals surface area contributed by atoms with Crippen molar-refractivity contribution in [2.24, 2.45) is 4.99 Å². The monoisotopic (exact) mass is 433 g/mol. The number of aliphatic imine (C=N–C) groups is 1. The zero-order chi connectivity index (χ0) is 21.3. The van der Waals surface area contributed by atoms with Crippen molar-refractivity contribution in [3.05, 3.63) is 40.2 Å². The number of ether oxygens (including phenoxy) is 1. The van der Waals surface area contributed by atoms with E-state index in [0.717, 1.165) is 42.1 Å². The van der Waals surface area contributed by atoms with Crippen molar-refractivity contribution in [2.45, 2.75) is 51.8 Å². The Bertz CT molecular complexity index is 770. The minimum absolute atomic E-state index is 0.0227. The molecule has 3 rings (SSSR count). The molecule has 8 heteroatoms. The molecule has 0 bridgehead atoms. The van der Waals surface area contributed by atoms with E-state index in [1.54, 1.807) is 24.7 Å². The first-order valence-electron chi connectivity index (χ1n) is 10.9. The topological polar surface area (TPSA) is 66.1 Å². The molecule has 1 fully saturated rings. The van der Waals surface area contributed by atoms with Crippen LogP contribution >= 0.6 is 11.3 Å². The van der Waals surface area contributed by atoms with Crippen LogP contribution in [0.1, 0.15) is 61.7 Å². The Kier molecular flexibility index (Phi) is 8.72. The van der Waals surface area contributed by atoms with Gasteiger partial charge >= 0.3 is 0 Å². The van der Waals surface area contributed by atoms with Crippen LogP contribution < -0.4 is 5.32 Å². The fourth-order valence-corrected chi connectivity index (χ4v) is 4.58. The van der Waals surface area contributed by atoms with Crippen molar-refractivity contribution < 1.29 is 9.15 Å². The second-order valence-electron chi connectivity index (χ2n) is 7.73. The van der Waals surface area contributed by atoms with Crippen LogP contribution in [0.2, 0.25) is 0 Å². The average Bonchev–Trinajstić information content (AvgIpc) is 3.46. The molecule has 2 aromatic heterocycles. The van der Waals surface area contributed by atoms with Gasteiger partial charge in [0, 0.05) is 26.1 Å². The van der Waals surface area contributed by atoms with Crippen molar-refractivity contribution in [2.75, 3.05) is 40.3 Å². The fourth-order valence-electron chi connectivity index (χ4n) is 3.74. The van der Waals surface area contributed by atoms with Gasteiger partial charge in [-0.1, -0.05) is 6.42 Å². The van der Waals surface area contributed by atoms with Crippen LogP contribution in [0.4, 0.5) is 0 Å². The van der Waals surface area contributed by atoms with Crippen molar-refractivity contribution in [1.82, 2.24) is 20.1 Å². The molecular weight excluding hydrogens is 398 g/mol. The smallest absolute Gasteiger partial charge is 0.194 e. The summed E-state index contributed by atoms with van der Waals surface area (Å²) in [4.78, 5) is 14.3. The number of aromatic nitrogens is 1. The number of hydrogen-bond donors (Lipinski definition) is 1. The molecule has 30 heavy (non-hydrogen) atoms. The molecule has 1 aliphatic rings. The molecule has 2 unspecified atom stereocenters. The molecule has 0 amide bonds. The molecule has 166 valence electrons. The second-order valence-corrected chi connectivity index (χ2v) is 8.62. The molecule has 7 nitrogen and oxygen atoms in total. The van der Waals surface area contributed by atoms with Gasteiger partial charge in [0.1, 0.15) is 16.9 Å². The van der Waals surface area contributed by atoms with Crippen LogP contribution in [0.3, 0.4) is 0 Å². The third kappa shape index (κ3) is 6.06. The summed E-state index contributed by atoms with van der Waals surface area (Å²) in [7, 11) is 3.77. The minimum atomic E-state index is 0.0227. The average molecular weight is 434 g/mol. The number of thiazole rings is 1. The van der Waals surface area contributed by atoms with Crippen molar-refractivity contribution in [1.29, 1.82) is 0 Å². The molecule has 2 atom stereocenters. The first-order chi connectivity index (χ1) is 14.6. The van der Waals surface area contributed by atoms with E-state index in [2.05, 4.69) is 40.5 Å². The number of methoxy groups -OCH3 is 1. The second kappa shape index (κ2) is 11.5. The zero-order valence-corrected chi connectivity index (χ0v) is 19.5. The summed E-state index contributed by atoms with van der Waals surface area (Å²) in [6, 6.07) is 4.21. The van der Waals surface area contributed by atoms with Crippen LogP contribution in [-0.4, -0.2) is 61.1 Å². The summed E-state index contributed by atoms with van der Waals surface area (Å²) in [6.07, 6.45) is 5.58. The van der Waals surface area contributed by atoms with Gasteiger partial charge < -0.3 is 19.4 Å². The maximum atomic E-state index is 5.77. The van der Waals surface area contributed by atoms with E-state index >= 15 is 0 Å². The van der Waals surface area contributed by atoms with E-state index in [4.69, 9.17) is 19.1 Å². The lowest BCUT2D eigenvalue weighted by molar-refractivity contribution is 0.119. The molecule has 0 radical (unpaired) electrons. The van der Waals surface area contributed by atoms with Gasteiger partial charge in [0.05, 0.1) is 31.1 Å². The lowest BCUT2D eigenvalue weighted by Crippen LogP contribution is -2.40. The van der Waals surface area contributed by atoms with Gasteiger partial charge in [0.2, 0.25) is 0 Å². The highest BCUT2D eigenvalue weighted by Crippen LogP contribution is 2.26. The van der Waals surface area contributed by atoms with Gasteiger partial charge in [-0.2, -0.15) is 0 Å². The number of furan rings is 1. The van der Waals surface area contributed by atoms with Crippen LogP contribution in [0, 0.1) is 0 Å². The SMILES string of the molecule is CCNC(=NCC(c1ccco1)N1CCCCC1)N(C)Cc1csc(C(C)OC)n1. The molecule has 0 spiro atoms. The molecule has 0 aliphatic carbocycles. The van der Waals surface area contributed by atoms with E-state index in [0.29, 0.717) is 13.1 Å². The number of likely N-dealkylation sites (tertiary alicyclic amines) is 1. The summed E-state index contributed by atoms with van der Waals surface area (Å²) < 4.78 is 11.2. The molecule has 1 aliphatic heterocycles. The number of guanidine groups is 1. The number of nitrogens with zero attached hydrogens (tertiary/aromatic N) is 4. The highest BCUT2D eigenvalue weighted by atomic mass is 32.1. The molecule has 2 aromatic rings. The lowest BCUT2D eigenvalue weighted by Gasteiger charge is -2.33. The number of piperidine rings is 1. The Hall–Kier alpha value is -1.90. The van der Waals surface area contributed by atoms with Crippen LogP contribution in [-0.2, 0) is 11.3 Å². The van der Waals surface area contributed by atoms with Gasteiger partial charge in [0.15, 0.2) is 5.96 Å². The zero-order valence-electron chi connectivity index (χ0n) is 18.6. The molecular formula is C22H35N5O2S. The van der Waals surface area contributed by atoms with E-state index in [-0.39, 0.29) is 12.1 Å². The largest absolute Gasteiger partial charge is 0.468 e. The standard InChI is InChI=1S/C22H35N5O2S/c1-5-23-22(26(3)15-18-16-30-21(25-18)17(2)28-4)24-14-19(20-10-9-13-29-20)27-11-7-6-8-12-27/h9-10,13,16-17,19H,5-8,11-12,14-15H2,1-4H3,(H,23,24). The predicted octanol–water partition coefficient (Wildman–Crippen LogP) is 4.07.